The zero-order valence-corrected chi connectivity index (χ0v) is 17.1. The summed E-state index contributed by atoms with van der Waals surface area (Å²) in [7, 11) is 0. The Hall–Kier alpha value is -1.98. The summed E-state index contributed by atoms with van der Waals surface area (Å²) in [5, 5.41) is 4.03. The number of anilines is 2. The van der Waals surface area contributed by atoms with E-state index in [-0.39, 0.29) is 12.1 Å². The third kappa shape index (κ3) is 4.85. The van der Waals surface area contributed by atoms with Gasteiger partial charge in [0.25, 0.3) is 0 Å². The molecule has 0 saturated carbocycles. The van der Waals surface area contributed by atoms with Crippen LogP contribution in [-0.2, 0) is 6.54 Å². The van der Waals surface area contributed by atoms with E-state index in [1.807, 2.05) is 32.0 Å². The summed E-state index contributed by atoms with van der Waals surface area (Å²) in [5.41, 5.74) is 1.67. The van der Waals surface area contributed by atoms with Crippen molar-refractivity contribution in [3.05, 3.63) is 52.1 Å². The lowest BCUT2D eigenvalue weighted by atomic mass is 10.2. The number of pyridine rings is 1. The lowest BCUT2D eigenvalue weighted by Gasteiger charge is -2.28. The minimum absolute atomic E-state index is 0.0198. The maximum atomic E-state index is 13.0. The molecular weight excluding hydrogens is 383 g/mol. The largest absolute Gasteiger partial charge is 0.355 e. The van der Waals surface area contributed by atoms with E-state index in [4.69, 9.17) is 23.2 Å². The van der Waals surface area contributed by atoms with E-state index in [0.717, 1.165) is 43.0 Å². The minimum atomic E-state index is -0.162. The van der Waals surface area contributed by atoms with Crippen LogP contribution in [0.25, 0.3) is 0 Å². The highest BCUT2D eigenvalue weighted by Gasteiger charge is 2.22. The summed E-state index contributed by atoms with van der Waals surface area (Å²) in [6.07, 6.45) is 4.07. The quantitative estimate of drug-likeness (QED) is 0.719. The third-order valence-electron chi connectivity index (χ3n) is 4.66. The second-order valence-corrected chi connectivity index (χ2v) is 7.78. The van der Waals surface area contributed by atoms with Gasteiger partial charge in [-0.1, -0.05) is 29.3 Å². The molecule has 27 heavy (non-hydrogen) atoms. The predicted octanol–water partition coefficient (Wildman–Crippen LogP) is 5.43. The Bertz CT molecular complexity index is 806. The zero-order valence-electron chi connectivity index (χ0n) is 15.6. The van der Waals surface area contributed by atoms with Crippen molar-refractivity contribution in [3.63, 3.8) is 0 Å². The summed E-state index contributed by atoms with van der Waals surface area (Å²) >= 11 is 12.1. The third-order valence-corrected chi connectivity index (χ3v) is 5.39. The van der Waals surface area contributed by atoms with Gasteiger partial charge in [-0.05, 0) is 56.5 Å². The van der Waals surface area contributed by atoms with Gasteiger partial charge in [0.1, 0.15) is 0 Å². The van der Waals surface area contributed by atoms with Gasteiger partial charge in [-0.3, -0.25) is 0 Å². The van der Waals surface area contributed by atoms with Gasteiger partial charge in [0.05, 0.1) is 15.7 Å². The van der Waals surface area contributed by atoms with Crippen LogP contribution in [-0.4, -0.2) is 35.0 Å². The van der Waals surface area contributed by atoms with E-state index in [2.05, 4.69) is 15.2 Å². The fraction of sp³-hybridized carbons (Fsp3) is 0.400. The molecule has 1 aromatic carbocycles. The fourth-order valence-electron chi connectivity index (χ4n) is 3.19. The average Bonchev–Trinajstić information content (AvgIpc) is 3.17. The van der Waals surface area contributed by atoms with E-state index < -0.39 is 0 Å². The lowest BCUT2D eigenvalue weighted by Crippen LogP contribution is -2.39. The summed E-state index contributed by atoms with van der Waals surface area (Å²) in [5.74, 6) is 0.835. The highest BCUT2D eigenvalue weighted by molar-refractivity contribution is 6.42. The molecule has 0 spiro atoms. The van der Waals surface area contributed by atoms with Crippen LogP contribution in [0.4, 0.5) is 16.3 Å². The molecule has 3 rings (SSSR count). The van der Waals surface area contributed by atoms with Crippen LogP contribution in [0, 0.1) is 0 Å². The molecule has 7 heteroatoms. The molecule has 1 aliphatic heterocycles. The number of urea groups is 1. The maximum absolute atomic E-state index is 13.0. The Labute approximate surface area is 170 Å². The van der Waals surface area contributed by atoms with Gasteiger partial charge < -0.3 is 15.1 Å². The van der Waals surface area contributed by atoms with Crippen LogP contribution in [0.5, 0.6) is 0 Å². The number of carbonyl (C=O) groups is 1. The van der Waals surface area contributed by atoms with Gasteiger partial charge in [-0.15, -0.1) is 0 Å². The monoisotopic (exact) mass is 406 g/mol. The van der Waals surface area contributed by atoms with Gasteiger partial charge in [0, 0.05) is 31.9 Å². The molecule has 144 valence electrons. The van der Waals surface area contributed by atoms with Crippen molar-refractivity contribution in [2.75, 3.05) is 23.3 Å². The van der Waals surface area contributed by atoms with Gasteiger partial charge in [0.2, 0.25) is 0 Å². The smallest absolute Gasteiger partial charge is 0.322 e. The zero-order chi connectivity index (χ0) is 19.4. The molecule has 0 atom stereocenters. The van der Waals surface area contributed by atoms with Crippen molar-refractivity contribution < 1.29 is 4.79 Å². The van der Waals surface area contributed by atoms with Crippen molar-refractivity contribution in [1.29, 1.82) is 0 Å². The molecular formula is C20H24Cl2N4O. The van der Waals surface area contributed by atoms with E-state index in [9.17, 15) is 4.79 Å². The average molecular weight is 407 g/mol. The number of nitrogens with zero attached hydrogens (tertiary/aromatic N) is 3. The first-order chi connectivity index (χ1) is 13.0. The number of hydrogen-bond donors (Lipinski definition) is 1. The van der Waals surface area contributed by atoms with E-state index >= 15 is 0 Å². The summed E-state index contributed by atoms with van der Waals surface area (Å²) in [6, 6.07) is 9.03. The molecule has 0 aliphatic carbocycles. The highest BCUT2D eigenvalue weighted by Crippen LogP contribution is 2.27. The topological polar surface area (TPSA) is 48.5 Å². The van der Waals surface area contributed by atoms with Gasteiger partial charge in [-0.2, -0.15) is 0 Å². The second kappa shape index (κ2) is 8.81. The molecule has 1 aliphatic rings. The number of aromatic nitrogens is 1. The van der Waals surface area contributed by atoms with Crippen molar-refractivity contribution >= 4 is 40.7 Å². The van der Waals surface area contributed by atoms with Crippen molar-refractivity contribution in [2.45, 2.75) is 39.3 Å². The molecule has 0 radical (unpaired) electrons. The highest BCUT2D eigenvalue weighted by atomic mass is 35.5. The Morgan fingerprint density at radius 3 is 2.63 bits per heavy atom. The van der Waals surface area contributed by atoms with Crippen LogP contribution < -0.4 is 10.2 Å². The Morgan fingerprint density at radius 1 is 1.22 bits per heavy atom. The first-order valence-electron chi connectivity index (χ1n) is 9.17. The number of hydrogen-bond acceptors (Lipinski definition) is 3. The molecule has 1 saturated heterocycles. The van der Waals surface area contributed by atoms with Crippen LogP contribution in [0.2, 0.25) is 10.0 Å². The second-order valence-electron chi connectivity index (χ2n) is 6.97. The van der Waals surface area contributed by atoms with E-state index in [1.165, 1.54) is 0 Å². The lowest BCUT2D eigenvalue weighted by molar-refractivity contribution is 0.193. The number of rotatable bonds is 5. The van der Waals surface area contributed by atoms with E-state index in [0.29, 0.717) is 16.6 Å². The van der Waals surface area contributed by atoms with Gasteiger partial charge in [-0.25, -0.2) is 9.78 Å². The molecule has 1 N–H and O–H groups in total. The fourth-order valence-corrected chi connectivity index (χ4v) is 3.51. The summed E-state index contributed by atoms with van der Waals surface area (Å²) in [6.45, 7) is 6.36. The minimum Gasteiger partial charge on any atom is -0.355 e. The Balaban J connectivity index is 1.77. The molecule has 1 fully saturated rings. The number of carbonyl (C=O) groups excluding carboxylic acids is 1. The van der Waals surface area contributed by atoms with Crippen LogP contribution in [0.3, 0.4) is 0 Å². The SMILES string of the molecule is CC(C)N(Cc1ccc(Cl)c(Cl)c1)C(=O)Nc1cccnc1N1CCCC1. The first-order valence-corrected chi connectivity index (χ1v) is 9.93. The molecule has 2 aromatic rings. The van der Waals surface area contributed by atoms with Crippen LogP contribution in [0.15, 0.2) is 36.5 Å². The van der Waals surface area contributed by atoms with Crippen molar-refractivity contribution in [1.82, 2.24) is 9.88 Å². The normalized spacial score (nSPS) is 13.9. The number of nitrogens with one attached hydrogen (secondary N) is 1. The summed E-state index contributed by atoms with van der Waals surface area (Å²) in [4.78, 5) is 21.5. The number of halogens is 2. The Morgan fingerprint density at radius 2 is 1.96 bits per heavy atom. The Kier molecular flexibility index (Phi) is 6.45. The molecule has 1 aromatic heterocycles. The van der Waals surface area contributed by atoms with Crippen molar-refractivity contribution in [2.24, 2.45) is 0 Å². The maximum Gasteiger partial charge on any atom is 0.322 e. The first kappa shape index (κ1) is 19.8. The van der Waals surface area contributed by atoms with Gasteiger partial charge >= 0.3 is 6.03 Å². The van der Waals surface area contributed by atoms with Crippen molar-refractivity contribution in [3.8, 4) is 0 Å². The summed E-state index contributed by atoms with van der Waals surface area (Å²) < 4.78 is 0. The van der Waals surface area contributed by atoms with Crippen LogP contribution in [0.1, 0.15) is 32.3 Å². The number of benzene rings is 1. The standard InChI is InChI=1S/C20H24Cl2N4O/c1-14(2)26(13-15-7-8-16(21)17(22)12-15)20(27)24-18-6-5-9-23-19(18)25-10-3-4-11-25/h5-9,12,14H,3-4,10-11,13H2,1-2H3,(H,24,27). The predicted molar refractivity (Wildman–Crippen MR) is 112 cm³/mol. The molecule has 0 bridgehead atoms. The van der Waals surface area contributed by atoms with Gasteiger partial charge in [0.15, 0.2) is 5.82 Å². The molecule has 0 unspecified atom stereocenters. The van der Waals surface area contributed by atoms with E-state index in [1.54, 1.807) is 23.2 Å². The number of amides is 2. The molecule has 2 amide bonds. The van der Waals surface area contributed by atoms with Crippen LogP contribution >= 0.6 is 23.2 Å². The molecule has 5 nitrogen and oxygen atoms in total. The molecule has 2 heterocycles.